The normalized spacial score (nSPS) is 10.7. The molecule has 150 valence electrons. The number of benzene rings is 2. The molecule has 29 heavy (non-hydrogen) atoms. The number of nitrogens with zero attached hydrogens (tertiary/aromatic N) is 3. The van der Waals surface area contributed by atoms with E-state index in [1.807, 2.05) is 63.2 Å². The number of amides is 1. The Kier molecular flexibility index (Phi) is 6.33. The highest BCUT2D eigenvalue weighted by Gasteiger charge is 2.14. The molecule has 0 saturated carbocycles. The molecule has 8 heteroatoms. The van der Waals surface area contributed by atoms with Crippen LogP contribution in [0.2, 0.25) is 0 Å². The van der Waals surface area contributed by atoms with E-state index in [9.17, 15) is 9.59 Å². The molecule has 1 amide bonds. The molecular formula is C21H23N5O2S. The Hall–Kier alpha value is -3.13. The molecule has 0 spiro atoms. The van der Waals surface area contributed by atoms with Crippen molar-refractivity contribution in [2.24, 2.45) is 0 Å². The molecule has 3 rings (SSSR count). The third kappa shape index (κ3) is 5.03. The van der Waals surface area contributed by atoms with Gasteiger partial charge in [-0.3, -0.25) is 9.59 Å². The summed E-state index contributed by atoms with van der Waals surface area (Å²) in [4.78, 5) is 24.8. The molecule has 0 atom stereocenters. The maximum atomic E-state index is 12.5. The van der Waals surface area contributed by atoms with Crippen molar-refractivity contribution in [2.45, 2.75) is 32.3 Å². The predicted octanol–water partition coefficient (Wildman–Crippen LogP) is 2.60. The van der Waals surface area contributed by atoms with Crippen molar-refractivity contribution in [2.75, 3.05) is 16.9 Å². The number of nitrogens with two attached hydrogens (primary N) is 1. The summed E-state index contributed by atoms with van der Waals surface area (Å²) in [7, 11) is 0. The second-order valence-corrected chi connectivity index (χ2v) is 7.79. The van der Waals surface area contributed by atoms with Crippen LogP contribution in [-0.2, 0) is 11.2 Å². The van der Waals surface area contributed by atoms with Crippen LogP contribution in [0.1, 0.15) is 27.9 Å². The van der Waals surface area contributed by atoms with Gasteiger partial charge >= 0.3 is 0 Å². The van der Waals surface area contributed by atoms with Gasteiger partial charge in [-0.25, -0.2) is 0 Å². The van der Waals surface area contributed by atoms with Crippen molar-refractivity contribution in [1.29, 1.82) is 0 Å². The van der Waals surface area contributed by atoms with E-state index in [1.165, 1.54) is 0 Å². The molecule has 7 nitrogen and oxygen atoms in total. The maximum absolute atomic E-state index is 12.5. The lowest BCUT2D eigenvalue weighted by molar-refractivity contribution is -0.113. The van der Waals surface area contributed by atoms with Gasteiger partial charge < -0.3 is 11.2 Å². The van der Waals surface area contributed by atoms with Gasteiger partial charge in [0.2, 0.25) is 11.1 Å². The highest BCUT2D eigenvalue weighted by Crippen LogP contribution is 2.19. The number of aryl methyl sites for hydroxylation is 2. The number of nitrogen functional groups attached to an aromatic ring is 1. The third-order valence-corrected chi connectivity index (χ3v) is 5.57. The first-order chi connectivity index (χ1) is 13.8. The van der Waals surface area contributed by atoms with Crippen LogP contribution in [0.3, 0.4) is 0 Å². The largest absolute Gasteiger partial charge is 0.334 e. The average molecular weight is 410 g/mol. The van der Waals surface area contributed by atoms with Crippen LogP contribution < -0.4 is 16.7 Å². The van der Waals surface area contributed by atoms with Crippen molar-refractivity contribution in [3.63, 3.8) is 0 Å². The summed E-state index contributed by atoms with van der Waals surface area (Å²) in [5.41, 5.74) is 4.82. The summed E-state index contributed by atoms with van der Waals surface area (Å²) in [6, 6.07) is 13.6. The second kappa shape index (κ2) is 8.91. The molecule has 3 aromatic rings. The molecule has 0 aliphatic heterocycles. The van der Waals surface area contributed by atoms with Gasteiger partial charge in [0.1, 0.15) is 5.69 Å². The average Bonchev–Trinajstić information content (AvgIpc) is 2.70. The molecule has 1 heterocycles. The van der Waals surface area contributed by atoms with Gasteiger partial charge in [0.05, 0.1) is 5.75 Å². The molecule has 0 aliphatic rings. The number of anilines is 1. The first-order valence-corrected chi connectivity index (χ1v) is 10.1. The molecule has 0 unspecified atom stereocenters. The van der Waals surface area contributed by atoms with Gasteiger partial charge in [-0.15, -0.1) is 10.2 Å². The lowest BCUT2D eigenvalue weighted by Gasteiger charge is -2.11. The van der Waals surface area contributed by atoms with Gasteiger partial charge in [-0.05, 0) is 43.5 Å². The molecular weight excluding hydrogens is 386 g/mol. The van der Waals surface area contributed by atoms with Crippen LogP contribution in [0.5, 0.6) is 0 Å². The van der Waals surface area contributed by atoms with E-state index < -0.39 is 5.56 Å². The fraction of sp³-hybridized carbons (Fsp3) is 0.238. The van der Waals surface area contributed by atoms with Crippen LogP contribution in [0, 0.1) is 20.8 Å². The Morgan fingerprint density at radius 2 is 1.83 bits per heavy atom. The van der Waals surface area contributed by atoms with Crippen molar-refractivity contribution < 1.29 is 4.79 Å². The Bertz CT molecular complexity index is 1090. The molecule has 2 aromatic carbocycles. The maximum Gasteiger partial charge on any atom is 0.294 e. The SMILES string of the molecule is Cc1ccc(Cc2nnc(SCC(=O)Nc3cccc(C)c3C)n(N)c2=O)cc1. The van der Waals surface area contributed by atoms with E-state index in [4.69, 9.17) is 5.84 Å². The highest BCUT2D eigenvalue weighted by atomic mass is 32.2. The Balaban J connectivity index is 1.66. The number of rotatable bonds is 6. The minimum atomic E-state index is -0.419. The summed E-state index contributed by atoms with van der Waals surface area (Å²) in [6.45, 7) is 5.94. The number of nitrogens with one attached hydrogen (secondary N) is 1. The van der Waals surface area contributed by atoms with Crippen LogP contribution >= 0.6 is 11.8 Å². The molecule has 0 fully saturated rings. The van der Waals surface area contributed by atoms with Gasteiger partial charge in [-0.2, -0.15) is 4.68 Å². The van der Waals surface area contributed by atoms with E-state index in [0.29, 0.717) is 6.42 Å². The monoisotopic (exact) mass is 409 g/mol. The Labute approximate surface area is 173 Å². The predicted molar refractivity (Wildman–Crippen MR) is 116 cm³/mol. The van der Waals surface area contributed by atoms with Gasteiger partial charge in [-0.1, -0.05) is 53.7 Å². The number of hydrogen-bond donors (Lipinski definition) is 2. The van der Waals surface area contributed by atoms with Crippen LogP contribution in [0.25, 0.3) is 0 Å². The molecule has 1 aromatic heterocycles. The van der Waals surface area contributed by atoms with E-state index in [2.05, 4.69) is 15.5 Å². The first-order valence-electron chi connectivity index (χ1n) is 9.13. The van der Waals surface area contributed by atoms with E-state index in [-0.39, 0.29) is 22.5 Å². The van der Waals surface area contributed by atoms with Crippen molar-refractivity contribution in [1.82, 2.24) is 14.9 Å². The van der Waals surface area contributed by atoms with Crippen molar-refractivity contribution in [3.8, 4) is 0 Å². The summed E-state index contributed by atoms with van der Waals surface area (Å²) in [5.74, 6) is 5.75. The number of hydrogen-bond acceptors (Lipinski definition) is 6. The molecule has 3 N–H and O–H groups in total. The zero-order valence-electron chi connectivity index (χ0n) is 16.6. The Morgan fingerprint density at radius 1 is 1.10 bits per heavy atom. The van der Waals surface area contributed by atoms with Crippen LogP contribution in [-0.4, -0.2) is 26.5 Å². The van der Waals surface area contributed by atoms with Crippen LogP contribution in [0.4, 0.5) is 5.69 Å². The molecule has 0 bridgehead atoms. The number of thioether (sulfide) groups is 1. The summed E-state index contributed by atoms with van der Waals surface area (Å²) in [5, 5.41) is 11.1. The molecule has 0 aliphatic carbocycles. The summed E-state index contributed by atoms with van der Waals surface area (Å²) >= 11 is 1.07. The molecule has 0 radical (unpaired) electrons. The van der Waals surface area contributed by atoms with E-state index in [0.717, 1.165) is 44.4 Å². The zero-order chi connectivity index (χ0) is 21.0. The molecule has 0 saturated heterocycles. The zero-order valence-corrected chi connectivity index (χ0v) is 17.4. The fourth-order valence-electron chi connectivity index (χ4n) is 2.73. The topological polar surface area (TPSA) is 103 Å². The highest BCUT2D eigenvalue weighted by molar-refractivity contribution is 7.99. The van der Waals surface area contributed by atoms with Gasteiger partial charge in [0, 0.05) is 12.1 Å². The van der Waals surface area contributed by atoms with Gasteiger partial charge in [0.25, 0.3) is 5.56 Å². The second-order valence-electron chi connectivity index (χ2n) is 6.85. The fourth-order valence-corrected chi connectivity index (χ4v) is 3.38. The lowest BCUT2D eigenvalue weighted by Crippen LogP contribution is -2.34. The van der Waals surface area contributed by atoms with Crippen molar-refractivity contribution in [3.05, 3.63) is 80.8 Å². The van der Waals surface area contributed by atoms with Crippen molar-refractivity contribution >= 4 is 23.4 Å². The number of carbonyl (C=O) groups is 1. The van der Waals surface area contributed by atoms with E-state index in [1.54, 1.807) is 0 Å². The summed E-state index contributed by atoms with van der Waals surface area (Å²) < 4.78 is 0.951. The minimum Gasteiger partial charge on any atom is -0.334 e. The standard InChI is InChI=1S/C21H23N5O2S/c1-13-7-9-16(10-8-13)11-18-20(28)26(22)21(25-24-18)29-12-19(27)23-17-6-4-5-14(2)15(17)3/h4-10H,11-12,22H2,1-3H3,(H,23,27). The quantitative estimate of drug-likeness (QED) is 0.479. The van der Waals surface area contributed by atoms with Gasteiger partial charge in [0.15, 0.2) is 0 Å². The Morgan fingerprint density at radius 3 is 2.55 bits per heavy atom. The third-order valence-electron chi connectivity index (χ3n) is 4.63. The van der Waals surface area contributed by atoms with E-state index >= 15 is 0 Å². The lowest BCUT2D eigenvalue weighted by atomic mass is 10.1. The smallest absolute Gasteiger partial charge is 0.294 e. The summed E-state index contributed by atoms with van der Waals surface area (Å²) in [6.07, 6.45) is 0.349. The minimum absolute atomic E-state index is 0.0655. The number of aromatic nitrogens is 3. The number of carbonyl (C=O) groups excluding carboxylic acids is 1. The van der Waals surface area contributed by atoms with Crippen LogP contribution in [0.15, 0.2) is 52.4 Å². The first kappa shape index (κ1) is 20.6.